The summed E-state index contributed by atoms with van der Waals surface area (Å²) in [7, 11) is 0. The van der Waals surface area contributed by atoms with E-state index in [-0.39, 0.29) is 12.0 Å². The topological polar surface area (TPSA) is 59.3 Å². The van der Waals surface area contributed by atoms with Gasteiger partial charge in [0.1, 0.15) is 0 Å². The second-order valence-electron chi connectivity index (χ2n) is 5.82. The Morgan fingerprint density at radius 1 is 1.08 bits per heavy atom. The number of hydrogen-bond donors (Lipinski definition) is 1. The highest BCUT2D eigenvalue weighted by Crippen LogP contribution is 2.24. The van der Waals surface area contributed by atoms with Gasteiger partial charge < -0.3 is 9.67 Å². The van der Waals surface area contributed by atoms with Crippen molar-refractivity contribution in [1.29, 1.82) is 0 Å². The molecule has 0 fully saturated rings. The molecule has 0 atom stereocenters. The molecule has 0 bridgehead atoms. The zero-order valence-corrected chi connectivity index (χ0v) is 14.9. The molecule has 0 radical (unpaired) electrons. The van der Waals surface area contributed by atoms with E-state index >= 15 is 0 Å². The van der Waals surface area contributed by atoms with Gasteiger partial charge in [-0.2, -0.15) is 0 Å². The summed E-state index contributed by atoms with van der Waals surface area (Å²) in [5.74, 6) is -0.937. The van der Waals surface area contributed by atoms with Crippen molar-refractivity contribution < 1.29 is 9.90 Å². The zero-order valence-electron chi connectivity index (χ0n) is 13.4. The lowest BCUT2D eigenvalue weighted by Gasteiger charge is -2.17. The van der Waals surface area contributed by atoms with E-state index in [1.165, 1.54) is 0 Å². The molecular formula is C19H15Cl2NO3. The van der Waals surface area contributed by atoms with E-state index in [2.05, 4.69) is 0 Å². The van der Waals surface area contributed by atoms with Crippen molar-refractivity contribution in [2.24, 2.45) is 0 Å². The van der Waals surface area contributed by atoms with Crippen LogP contribution in [0.1, 0.15) is 16.8 Å². The smallest absolute Gasteiger partial charge is 0.307 e. The molecule has 1 aromatic heterocycles. The third-order valence-corrected chi connectivity index (χ3v) is 4.96. The molecule has 0 aliphatic heterocycles. The predicted octanol–water partition coefficient (Wildman–Crippen LogP) is 4.29. The van der Waals surface area contributed by atoms with Gasteiger partial charge in [-0.05, 0) is 41.6 Å². The van der Waals surface area contributed by atoms with Crippen LogP contribution in [0.4, 0.5) is 0 Å². The average Bonchev–Trinajstić information content (AvgIpc) is 2.58. The van der Waals surface area contributed by atoms with Crippen molar-refractivity contribution >= 4 is 39.9 Å². The van der Waals surface area contributed by atoms with Crippen LogP contribution in [0.15, 0.2) is 47.3 Å². The maximum absolute atomic E-state index is 12.9. The van der Waals surface area contributed by atoms with Gasteiger partial charge in [0.05, 0.1) is 23.0 Å². The first kappa shape index (κ1) is 17.5. The van der Waals surface area contributed by atoms with Crippen LogP contribution in [-0.2, 0) is 17.8 Å². The number of carboxylic acids is 1. The third-order valence-electron chi connectivity index (χ3n) is 4.22. The summed E-state index contributed by atoms with van der Waals surface area (Å²) >= 11 is 12.0. The fourth-order valence-electron chi connectivity index (χ4n) is 2.97. The monoisotopic (exact) mass is 375 g/mol. The predicted molar refractivity (Wildman–Crippen MR) is 99.8 cm³/mol. The second kappa shape index (κ2) is 6.90. The van der Waals surface area contributed by atoms with Crippen molar-refractivity contribution in [2.45, 2.75) is 19.9 Å². The molecule has 0 unspecified atom stereocenters. The van der Waals surface area contributed by atoms with E-state index < -0.39 is 5.97 Å². The van der Waals surface area contributed by atoms with Crippen molar-refractivity contribution in [3.8, 4) is 0 Å². The number of halogens is 2. The van der Waals surface area contributed by atoms with Gasteiger partial charge in [-0.1, -0.05) is 47.5 Å². The maximum Gasteiger partial charge on any atom is 0.307 e. The fourth-order valence-corrected chi connectivity index (χ4v) is 3.29. The van der Waals surface area contributed by atoms with Gasteiger partial charge in [-0.25, -0.2) is 0 Å². The SMILES string of the molecule is Cc1c(CC(=O)O)c2ccccc2c(=O)n1Cc1ccc(Cl)c(Cl)c1. The summed E-state index contributed by atoms with van der Waals surface area (Å²) in [4.78, 5) is 24.2. The van der Waals surface area contributed by atoms with Crippen molar-refractivity contribution in [1.82, 2.24) is 4.57 Å². The Morgan fingerprint density at radius 2 is 1.76 bits per heavy atom. The minimum Gasteiger partial charge on any atom is -0.481 e. The van der Waals surface area contributed by atoms with Crippen molar-refractivity contribution in [2.75, 3.05) is 0 Å². The molecule has 0 aliphatic carbocycles. The number of fused-ring (bicyclic) bond motifs is 1. The van der Waals surface area contributed by atoms with Crippen LogP contribution < -0.4 is 5.56 Å². The first-order valence-electron chi connectivity index (χ1n) is 7.65. The lowest BCUT2D eigenvalue weighted by atomic mass is 10.0. The Labute approximate surface area is 154 Å². The number of aromatic nitrogens is 1. The van der Waals surface area contributed by atoms with E-state index in [1.54, 1.807) is 54.0 Å². The molecule has 0 spiro atoms. The largest absolute Gasteiger partial charge is 0.481 e. The molecule has 0 saturated carbocycles. The average molecular weight is 376 g/mol. The number of nitrogens with zero attached hydrogens (tertiary/aromatic N) is 1. The highest BCUT2D eigenvalue weighted by molar-refractivity contribution is 6.42. The van der Waals surface area contributed by atoms with Gasteiger partial charge in [0.25, 0.3) is 5.56 Å². The van der Waals surface area contributed by atoms with Gasteiger partial charge in [-0.3, -0.25) is 9.59 Å². The lowest BCUT2D eigenvalue weighted by Crippen LogP contribution is -2.25. The number of pyridine rings is 1. The number of aliphatic carboxylic acids is 1. The minimum absolute atomic E-state index is 0.145. The van der Waals surface area contributed by atoms with E-state index in [9.17, 15) is 14.7 Å². The lowest BCUT2D eigenvalue weighted by molar-refractivity contribution is -0.136. The zero-order chi connectivity index (χ0) is 18.1. The van der Waals surface area contributed by atoms with E-state index in [0.717, 1.165) is 5.56 Å². The Hall–Kier alpha value is -2.30. The highest BCUT2D eigenvalue weighted by Gasteiger charge is 2.16. The summed E-state index contributed by atoms with van der Waals surface area (Å²) in [5.41, 5.74) is 1.93. The molecule has 0 aliphatic rings. The summed E-state index contributed by atoms with van der Waals surface area (Å²) in [6, 6.07) is 12.3. The molecule has 4 nitrogen and oxygen atoms in total. The van der Waals surface area contributed by atoms with Crippen LogP contribution in [0.25, 0.3) is 10.8 Å². The molecule has 25 heavy (non-hydrogen) atoms. The quantitative estimate of drug-likeness (QED) is 0.739. The van der Waals surface area contributed by atoms with Gasteiger partial charge in [0.15, 0.2) is 0 Å². The van der Waals surface area contributed by atoms with Crippen LogP contribution in [0, 0.1) is 6.92 Å². The molecule has 1 heterocycles. The number of carbonyl (C=O) groups is 1. The molecule has 0 saturated heterocycles. The maximum atomic E-state index is 12.9. The van der Waals surface area contributed by atoms with Gasteiger partial charge in [0, 0.05) is 11.1 Å². The molecule has 0 amide bonds. The molecular weight excluding hydrogens is 361 g/mol. The third kappa shape index (κ3) is 3.41. The van der Waals surface area contributed by atoms with Gasteiger partial charge in [0.2, 0.25) is 0 Å². The first-order chi connectivity index (χ1) is 11.9. The van der Waals surface area contributed by atoms with Crippen LogP contribution in [0.2, 0.25) is 10.0 Å². The molecule has 6 heteroatoms. The van der Waals surface area contributed by atoms with Crippen LogP contribution >= 0.6 is 23.2 Å². The normalized spacial score (nSPS) is 11.0. The summed E-state index contributed by atoms with van der Waals surface area (Å²) in [6.07, 6.45) is -0.145. The summed E-state index contributed by atoms with van der Waals surface area (Å²) in [5, 5.41) is 11.3. The molecule has 2 aromatic carbocycles. The van der Waals surface area contributed by atoms with Gasteiger partial charge >= 0.3 is 5.97 Å². The highest BCUT2D eigenvalue weighted by atomic mass is 35.5. The van der Waals surface area contributed by atoms with Gasteiger partial charge in [-0.15, -0.1) is 0 Å². The first-order valence-corrected chi connectivity index (χ1v) is 8.41. The van der Waals surface area contributed by atoms with Crippen LogP contribution in [0.3, 0.4) is 0 Å². The Bertz CT molecular complexity index is 1040. The Balaban J connectivity index is 2.22. The Morgan fingerprint density at radius 3 is 2.40 bits per heavy atom. The van der Waals surface area contributed by atoms with Crippen molar-refractivity contribution in [3.05, 3.63) is 79.7 Å². The minimum atomic E-state index is -0.937. The van der Waals surface area contributed by atoms with Crippen LogP contribution in [-0.4, -0.2) is 15.6 Å². The van der Waals surface area contributed by atoms with Crippen molar-refractivity contribution in [3.63, 3.8) is 0 Å². The molecule has 3 aromatic rings. The second-order valence-corrected chi connectivity index (χ2v) is 6.63. The number of benzene rings is 2. The molecule has 3 rings (SSSR count). The number of hydrogen-bond acceptors (Lipinski definition) is 2. The molecule has 128 valence electrons. The number of rotatable bonds is 4. The van der Waals surface area contributed by atoms with E-state index in [4.69, 9.17) is 23.2 Å². The van der Waals surface area contributed by atoms with E-state index in [0.29, 0.717) is 38.6 Å². The summed E-state index contributed by atoms with van der Waals surface area (Å²) < 4.78 is 1.58. The van der Waals surface area contributed by atoms with E-state index in [1.807, 2.05) is 0 Å². The van der Waals surface area contributed by atoms with Crippen LogP contribution in [0.5, 0.6) is 0 Å². The number of carboxylic acid groups (broad SMARTS) is 1. The fraction of sp³-hybridized carbons (Fsp3) is 0.158. The molecule has 1 N–H and O–H groups in total. The standard InChI is InChI=1S/C19H15Cl2NO3/c1-11-15(9-18(23)24)13-4-2-3-5-14(13)19(25)22(11)10-12-6-7-16(20)17(21)8-12/h2-8H,9-10H2,1H3,(H,23,24). The summed E-state index contributed by atoms with van der Waals surface area (Å²) in [6.45, 7) is 2.06. The Kier molecular flexibility index (Phi) is 4.84.